The number of carboxylic acid groups (broad SMARTS) is 2. The lowest BCUT2D eigenvalue weighted by molar-refractivity contribution is -0.384. The number of carbonyl (C=O) groups excluding carboxylic acids is 3. The molecule has 22 atom stereocenters. The Morgan fingerprint density at radius 3 is 1.52 bits per heavy atom. The van der Waals surface area contributed by atoms with E-state index in [9.17, 15) is 101 Å². The molecule has 0 aromatic carbocycles. The van der Waals surface area contributed by atoms with E-state index in [0.29, 0.717) is 0 Å². The van der Waals surface area contributed by atoms with Crippen molar-refractivity contribution in [3.05, 3.63) is 0 Å². The normalized spacial score (nSPS) is 41.4. The van der Waals surface area contributed by atoms with Gasteiger partial charge in [-0.3, -0.25) is 14.4 Å². The minimum Gasteiger partial charge on any atom is -0.477 e. The molecule has 66 heavy (non-hydrogen) atoms. The van der Waals surface area contributed by atoms with E-state index in [0.717, 1.165) is 20.8 Å². The highest BCUT2D eigenvalue weighted by Gasteiger charge is 2.62. The van der Waals surface area contributed by atoms with Gasteiger partial charge in [-0.1, -0.05) is 0 Å². The van der Waals surface area contributed by atoms with Crippen molar-refractivity contribution in [2.24, 2.45) is 0 Å². The van der Waals surface area contributed by atoms with Crippen molar-refractivity contribution in [2.75, 3.05) is 26.4 Å². The standard InChI is InChI=1S/C36H59N3O27/c1-10(43)37-19-13(46)4-35(33(56)57,64-28(19)22(50)15(48)6-40)60-9-18-27(63-32-26(54)25(53)24(52)17(8-42)62-32)30(21(31(55)61-18)39-12(3)45)66-36(34(58)59)5-14(47)20(38-11(2)44)29(65-36)23(51)16(49)7-41/h13-32,40-42,46-55H,4-9H2,1-3H3,(H,37,43)(H,38,44)(H,39,45)(H,56,57)(H,58,59)/t13-,14-,15+,16+,17+,18+,19+,20+,21+,22+,23+,24-,25-,26+,27-,28+,29+,30+,31+,32-,35+,36-/m0/s1. The molecule has 0 unspecified atom stereocenters. The molecule has 0 aliphatic carbocycles. The highest BCUT2D eigenvalue weighted by atomic mass is 16.8. The predicted octanol–water partition coefficient (Wildman–Crippen LogP) is -10.9. The number of aliphatic hydroxyl groups excluding tert-OH is 13. The third kappa shape index (κ3) is 12.0. The van der Waals surface area contributed by atoms with E-state index in [2.05, 4.69) is 16.0 Å². The third-order valence-electron chi connectivity index (χ3n) is 11.4. The van der Waals surface area contributed by atoms with E-state index >= 15 is 0 Å². The summed E-state index contributed by atoms with van der Waals surface area (Å²) in [5.74, 6) is -13.3. The Morgan fingerprint density at radius 1 is 0.621 bits per heavy atom. The molecule has 0 spiro atoms. The first-order valence-electron chi connectivity index (χ1n) is 20.3. The summed E-state index contributed by atoms with van der Waals surface area (Å²) in [5.41, 5.74) is 0. The van der Waals surface area contributed by atoms with Crippen LogP contribution in [0.4, 0.5) is 0 Å². The first kappa shape index (κ1) is 55.1. The van der Waals surface area contributed by atoms with Gasteiger partial charge in [-0.25, -0.2) is 9.59 Å². The minimum absolute atomic E-state index is 0.829. The molecule has 0 bridgehead atoms. The van der Waals surface area contributed by atoms with Crippen LogP contribution in [0.1, 0.15) is 33.6 Å². The Bertz CT molecular complexity index is 1680. The van der Waals surface area contributed by atoms with Gasteiger partial charge in [0.1, 0.15) is 85.4 Å². The largest absolute Gasteiger partial charge is 0.477 e. The van der Waals surface area contributed by atoms with Crippen LogP contribution in [0.2, 0.25) is 0 Å². The fourth-order valence-electron chi connectivity index (χ4n) is 8.04. The Morgan fingerprint density at radius 2 is 1.08 bits per heavy atom. The number of rotatable bonds is 19. The van der Waals surface area contributed by atoms with Gasteiger partial charge in [0.2, 0.25) is 17.7 Å². The van der Waals surface area contributed by atoms with E-state index in [-0.39, 0.29) is 0 Å². The third-order valence-corrected chi connectivity index (χ3v) is 11.4. The van der Waals surface area contributed by atoms with Crippen LogP contribution in [-0.2, 0) is 57.1 Å². The van der Waals surface area contributed by atoms with E-state index in [1.807, 2.05) is 0 Å². The van der Waals surface area contributed by atoms with E-state index in [1.165, 1.54) is 0 Å². The number of carbonyl (C=O) groups is 5. The Balaban J connectivity index is 1.88. The van der Waals surface area contributed by atoms with Gasteiger partial charge in [0.15, 0.2) is 12.6 Å². The molecule has 3 amide bonds. The summed E-state index contributed by atoms with van der Waals surface area (Å²) in [6.07, 6.45) is -38.8. The average Bonchev–Trinajstić information content (AvgIpc) is 3.25. The molecule has 18 N–H and O–H groups in total. The Kier molecular flexibility index (Phi) is 19.0. The molecule has 4 rings (SSSR count). The van der Waals surface area contributed by atoms with Crippen LogP contribution in [0.5, 0.6) is 0 Å². The van der Waals surface area contributed by atoms with Crippen LogP contribution < -0.4 is 16.0 Å². The van der Waals surface area contributed by atoms with Gasteiger partial charge in [-0.05, 0) is 0 Å². The molecule has 4 aliphatic heterocycles. The number of ether oxygens (including phenoxy) is 7. The summed E-state index contributed by atoms with van der Waals surface area (Å²) in [6.45, 7) is -1.77. The SMILES string of the molecule is CC(=O)N[C@@H]1[C@@H](O[C@]2(C(=O)O)C[C@H](O)[C@@H](NC(C)=O)[C@H]([C@H](O)[C@H](O)CO)O2)[C@@H](O[C@@H]2O[C@H](CO)[C@H](O)[C@H](O)[C@H]2O)[C@@H](CO[C@]2(C(=O)O)C[C@H](O)[C@@H](NC(C)=O)[C@H]([C@H](O)[C@H](O)CO)O2)O[C@H]1O. The second-order valence-corrected chi connectivity index (χ2v) is 16.2. The maximum Gasteiger partial charge on any atom is 0.364 e. The monoisotopic (exact) mass is 965 g/mol. The van der Waals surface area contributed by atoms with Crippen molar-refractivity contribution < 1.29 is 134 Å². The summed E-state index contributed by atoms with van der Waals surface area (Å²) >= 11 is 0. The van der Waals surface area contributed by atoms with Gasteiger partial charge >= 0.3 is 11.9 Å². The number of hydrogen-bond donors (Lipinski definition) is 18. The zero-order chi connectivity index (χ0) is 49.7. The van der Waals surface area contributed by atoms with Crippen molar-refractivity contribution in [2.45, 2.75) is 167 Å². The molecule has 30 heteroatoms. The van der Waals surface area contributed by atoms with Crippen LogP contribution >= 0.6 is 0 Å². The number of hydrogen-bond acceptors (Lipinski definition) is 25. The molecule has 4 saturated heterocycles. The van der Waals surface area contributed by atoms with Gasteiger partial charge in [0.05, 0.1) is 50.7 Å². The molecular formula is C36H59N3O27. The summed E-state index contributed by atoms with van der Waals surface area (Å²) < 4.78 is 40.2. The quantitative estimate of drug-likeness (QED) is 0.0571. The van der Waals surface area contributed by atoms with Gasteiger partial charge in [-0.2, -0.15) is 0 Å². The molecule has 0 aromatic rings. The van der Waals surface area contributed by atoms with Crippen LogP contribution in [0, 0.1) is 0 Å². The van der Waals surface area contributed by atoms with Crippen LogP contribution in [0.25, 0.3) is 0 Å². The average molecular weight is 966 g/mol. The predicted molar refractivity (Wildman–Crippen MR) is 203 cm³/mol. The van der Waals surface area contributed by atoms with Crippen molar-refractivity contribution in [3.8, 4) is 0 Å². The highest BCUT2D eigenvalue weighted by molar-refractivity contribution is 5.77. The summed E-state index contributed by atoms with van der Waals surface area (Å²) in [7, 11) is 0. The molecule has 0 aromatic heterocycles. The number of carboxylic acids is 2. The van der Waals surface area contributed by atoms with Gasteiger partial charge < -0.3 is 126 Å². The van der Waals surface area contributed by atoms with E-state index in [1.54, 1.807) is 0 Å². The van der Waals surface area contributed by atoms with Crippen molar-refractivity contribution in [1.29, 1.82) is 0 Å². The maximum atomic E-state index is 13.3. The summed E-state index contributed by atoms with van der Waals surface area (Å²) in [4.78, 5) is 63.1. The molecule has 0 saturated carbocycles. The van der Waals surface area contributed by atoms with Crippen LogP contribution in [-0.4, -0.2) is 267 Å². The van der Waals surface area contributed by atoms with Gasteiger partial charge in [0.25, 0.3) is 11.6 Å². The van der Waals surface area contributed by atoms with Gasteiger partial charge in [0, 0.05) is 33.6 Å². The van der Waals surface area contributed by atoms with E-state index < -0.39 is 203 Å². The molecule has 0 radical (unpaired) electrons. The smallest absolute Gasteiger partial charge is 0.364 e. The van der Waals surface area contributed by atoms with Crippen molar-refractivity contribution >= 4 is 29.7 Å². The van der Waals surface area contributed by atoms with Crippen LogP contribution in [0.15, 0.2) is 0 Å². The lowest BCUT2D eigenvalue weighted by Crippen LogP contribution is -2.73. The summed E-state index contributed by atoms with van der Waals surface area (Å²) in [5, 5.41) is 165. The molecule has 4 aliphatic rings. The summed E-state index contributed by atoms with van der Waals surface area (Å²) in [6, 6.07) is -5.44. The van der Waals surface area contributed by atoms with E-state index in [4.69, 9.17) is 33.2 Å². The van der Waals surface area contributed by atoms with Crippen molar-refractivity contribution in [1.82, 2.24) is 16.0 Å². The minimum atomic E-state index is -3.31. The fraction of sp³-hybridized carbons (Fsp3) is 0.861. The molecule has 380 valence electrons. The Hall–Kier alpha value is -3.45. The Labute approximate surface area is 373 Å². The number of aliphatic carboxylic acids is 2. The number of amides is 3. The first-order chi connectivity index (χ1) is 30.8. The molecule has 30 nitrogen and oxygen atoms in total. The molecule has 4 fully saturated rings. The lowest BCUT2D eigenvalue weighted by Gasteiger charge is -2.52. The second-order valence-electron chi connectivity index (χ2n) is 16.2. The number of aliphatic hydroxyl groups is 13. The zero-order valence-corrected chi connectivity index (χ0v) is 35.4. The second kappa shape index (κ2) is 22.8. The van der Waals surface area contributed by atoms with Gasteiger partial charge in [-0.15, -0.1) is 0 Å². The van der Waals surface area contributed by atoms with Crippen LogP contribution in [0.3, 0.4) is 0 Å². The number of nitrogens with one attached hydrogen (secondary N) is 3. The molecule has 4 heterocycles. The topological polar surface area (TPSA) is 490 Å². The lowest BCUT2D eigenvalue weighted by atomic mass is 9.87. The fourth-order valence-corrected chi connectivity index (χ4v) is 8.04. The first-order valence-corrected chi connectivity index (χ1v) is 20.3. The maximum absolute atomic E-state index is 13.3. The van der Waals surface area contributed by atoms with Crippen molar-refractivity contribution in [3.63, 3.8) is 0 Å². The highest BCUT2D eigenvalue weighted by Crippen LogP contribution is 2.40. The zero-order valence-electron chi connectivity index (χ0n) is 35.4. The molecular weight excluding hydrogens is 906 g/mol.